The van der Waals surface area contributed by atoms with Crippen LogP contribution in [0, 0.1) is 5.92 Å². The third-order valence-corrected chi connectivity index (χ3v) is 4.59. The van der Waals surface area contributed by atoms with Crippen molar-refractivity contribution in [2.45, 2.75) is 24.2 Å². The highest BCUT2D eigenvalue weighted by Crippen LogP contribution is 2.33. The molecule has 0 bridgehead atoms. The van der Waals surface area contributed by atoms with Gasteiger partial charge in [-0.3, -0.25) is 4.21 Å². The Morgan fingerprint density at radius 2 is 2.20 bits per heavy atom. The van der Waals surface area contributed by atoms with E-state index in [-0.39, 0.29) is 0 Å². The lowest BCUT2D eigenvalue weighted by molar-refractivity contribution is 0.676. The first-order valence-corrected chi connectivity index (χ1v) is 7.21. The monoisotopic (exact) mass is 287 g/mol. The SMILES string of the molecule is Nc1cc(Br)ccc1S(=O)CCC1CC1. The summed E-state index contributed by atoms with van der Waals surface area (Å²) in [5, 5.41) is 0. The normalized spacial score (nSPS) is 17.7. The number of halogens is 1. The first kappa shape index (κ1) is 11.1. The van der Waals surface area contributed by atoms with Crippen molar-refractivity contribution in [2.75, 3.05) is 11.5 Å². The topological polar surface area (TPSA) is 43.1 Å². The second-order valence-corrected chi connectivity index (χ2v) is 6.42. The molecule has 1 fully saturated rings. The molecule has 2 rings (SSSR count). The molecule has 0 saturated heterocycles. The van der Waals surface area contributed by atoms with Crippen LogP contribution >= 0.6 is 15.9 Å². The Hall–Kier alpha value is -0.350. The smallest absolute Gasteiger partial charge is 0.0618 e. The number of benzene rings is 1. The van der Waals surface area contributed by atoms with Crippen LogP contribution in [0.2, 0.25) is 0 Å². The van der Waals surface area contributed by atoms with Crippen molar-refractivity contribution >= 4 is 32.4 Å². The predicted octanol–water partition coefficient (Wildman–Crippen LogP) is 2.94. The molecule has 1 aliphatic carbocycles. The van der Waals surface area contributed by atoms with Crippen LogP contribution in [0.1, 0.15) is 19.3 Å². The first-order valence-electron chi connectivity index (χ1n) is 5.10. The standard InChI is InChI=1S/C11H14BrNOS/c12-9-3-4-11(10(13)7-9)15(14)6-5-8-1-2-8/h3-4,7-8H,1-2,5-6,13H2. The summed E-state index contributed by atoms with van der Waals surface area (Å²) in [4.78, 5) is 0.777. The van der Waals surface area contributed by atoms with Crippen LogP contribution in [0.5, 0.6) is 0 Å². The van der Waals surface area contributed by atoms with Crippen LogP contribution in [-0.2, 0) is 10.8 Å². The Balaban J connectivity index is 2.03. The van der Waals surface area contributed by atoms with Gasteiger partial charge in [-0.25, -0.2) is 0 Å². The lowest BCUT2D eigenvalue weighted by Crippen LogP contribution is -2.02. The molecule has 1 saturated carbocycles. The van der Waals surface area contributed by atoms with E-state index >= 15 is 0 Å². The van der Waals surface area contributed by atoms with Gasteiger partial charge in [-0.1, -0.05) is 28.8 Å². The van der Waals surface area contributed by atoms with Gasteiger partial charge in [-0.2, -0.15) is 0 Å². The summed E-state index contributed by atoms with van der Waals surface area (Å²) < 4.78 is 12.9. The number of hydrogen-bond acceptors (Lipinski definition) is 2. The van der Waals surface area contributed by atoms with Gasteiger partial charge >= 0.3 is 0 Å². The van der Waals surface area contributed by atoms with Crippen molar-refractivity contribution < 1.29 is 4.21 Å². The summed E-state index contributed by atoms with van der Waals surface area (Å²) in [5.41, 5.74) is 6.44. The number of rotatable bonds is 4. The molecule has 1 atom stereocenters. The fourth-order valence-electron chi connectivity index (χ4n) is 1.52. The third-order valence-electron chi connectivity index (χ3n) is 2.63. The Morgan fingerprint density at radius 3 is 2.80 bits per heavy atom. The zero-order chi connectivity index (χ0) is 10.8. The van der Waals surface area contributed by atoms with Gasteiger partial charge in [-0.15, -0.1) is 0 Å². The molecule has 0 aliphatic heterocycles. The van der Waals surface area contributed by atoms with Crippen LogP contribution in [0.4, 0.5) is 5.69 Å². The fourth-order valence-corrected chi connectivity index (χ4v) is 3.20. The van der Waals surface area contributed by atoms with Gasteiger partial charge in [-0.05, 0) is 30.5 Å². The minimum absolute atomic E-state index is 0.624. The quantitative estimate of drug-likeness (QED) is 0.866. The molecule has 2 nitrogen and oxygen atoms in total. The summed E-state index contributed by atoms with van der Waals surface area (Å²) in [5.74, 6) is 1.57. The maximum absolute atomic E-state index is 11.9. The molecule has 0 aromatic heterocycles. The lowest BCUT2D eigenvalue weighted by Gasteiger charge is -2.05. The highest BCUT2D eigenvalue weighted by Gasteiger charge is 2.22. The highest BCUT2D eigenvalue weighted by atomic mass is 79.9. The van der Waals surface area contributed by atoms with Gasteiger partial charge in [0.1, 0.15) is 0 Å². The molecule has 2 N–H and O–H groups in total. The van der Waals surface area contributed by atoms with Crippen molar-refractivity contribution in [3.63, 3.8) is 0 Å². The van der Waals surface area contributed by atoms with E-state index < -0.39 is 10.8 Å². The summed E-state index contributed by atoms with van der Waals surface area (Å²) in [6.45, 7) is 0. The van der Waals surface area contributed by atoms with Crippen LogP contribution in [-0.4, -0.2) is 9.96 Å². The first-order chi connectivity index (χ1) is 7.16. The Labute approximate surface area is 101 Å². The van der Waals surface area contributed by atoms with Gasteiger partial charge in [0.15, 0.2) is 0 Å². The Kier molecular flexibility index (Phi) is 3.46. The Bertz CT molecular complexity index is 390. The number of nitrogen functional groups attached to an aromatic ring is 1. The van der Waals surface area contributed by atoms with Gasteiger partial charge < -0.3 is 5.73 Å². The lowest BCUT2D eigenvalue weighted by atomic mass is 10.3. The van der Waals surface area contributed by atoms with Crippen molar-refractivity contribution in [1.29, 1.82) is 0 Å². The molecule has 1 aromatic carbocycles. The van der Waals surface area contributed by atoms with Crippen LogP contribution in [0.25, 0.3) is 0 Å². The summed E-state index contributed by atoms with van der Waals surface area (Å²) in [7, 11) is -0.930. The molecule has 1 aliphatic rings. The van der Waals surface area contributed by atoms with Crippen molar-refractivity contribution in [3.8, 4) is 0 Å². The molecule has 1 unspecified atom stereocenters. The molecule has 0 heterocycles. The van der Waals surface area contributed by atoms with E-state index in [0.29, 0.717) is 5.69 Å². The predicted molar refractivity (Wildman–Crippen MR) is 67.2 cm³/mol. The van der Waals surface area contributed by atoms with Crippen molar-refractivity contribution in [3.05, 3.63) is 22.7 Å². The highest BCUT2D eigenvalue weighted by molar-refractivity contribution is 9.10. The van der Waals surface area contributed by atoms with E-state index in [9.17, 15) is 4.21 Å². The van der Waals surface area contributed by atoms with Gasteiger partial charge in [0.2, 0.25) is 0 Å². The largest absolute Gasteiger partial charge is 0.398 e. The third kappa shape index (κ3) is 3.05. The average Bonchev–Trinajstić information content (AvgIpc) is 2.97. The summed E-state index contributed by atoms with van der Waals surface area (Å²) in [6, 6.07) is 5.55. The zero-order valence-corrected chi connectivity index (χ0v) is 10.8. The van der Waals surface area contributed by atoms with E-state index in [4.69, 9.17) is 5.73 Å². The molecular weight excluding hydrogens is 274 g/mol. The van der Waals surface area contributed by atoms with E-state index in [1.165, 1.54) is 12.8 Å². The molecule has 82 valence electrons. The number of nitrogens with two attached hydrogens (primary N) is 1. The molecule has 0 radical (unpaired) electrons. The second kappa shape index (κ2) is 4.66. The van der Waals surface area contributed by atoms with Crippen molar-refractivity contribution in [1.82, 2.24) is 0 Å². The molecule has 0 amide bonds. The van der Waals surface area contributed by atoms with E-state index in [0.717, 1.165) is 27.5 Å². The van der Waals surface area contributed by atoms with E-state index in [1.54, 1.807) is 0 Å². The average molecular weight is 288 g/mol. The summed E-state index contributed by atoms with van der Waals surface area (Å²) >= 11 is 3.34. The second-order valence-electron chi connectivity index (χ2n) is 3.96. The van der Waals surface area contributed by atoms with Crippen LogP contribution in [0.3, 0.4) is 0 Å². The van der Waals surface area contributed by atoms with E-state index in [1.807, 2.05) is 18.2 Å². The molecule has 4 heteroatoms. The molecule has 1 aromatic rings. The molecule has 15 heavy (non-hydrogen) atoms. The molecule has 0 spiro atoms. The maximum Gasteiger partial charge on any atom is 0.0618 e. The number of anilines is 1. The van der Waals surface area contributed by atoms with Crippen molar-refractivity contribution in [2.24, 2.45) is 5.92 Å². The van der Waals surface area contributed by atoms with E-state index in [2.05, 4.69) is 15.9 Å². The van der Waals surface area contributed by atoms with Crippen LogP contribution < -0.4 is 5.73 Å². The number of hydrogen-bond donors (Lipinski definition) is 1. The Morgan fingerprint density at radius 1 is 1.47 bits per heavy atom. The maximum atomic E-state index is 11.9. The van der Waals surface area contributed by atoms with Gasteiger partial charge in [0, 0.05) is 15.9 Å². The van der Waals surface area contributed by atoms with Gasteiger partial charge in [0.05, 0.1) is 15.7 Å². The van der Waals surface area contributed by atoms with Gasteiger partial charge in [0.25, 0.3) is 0 Å². The fraction of sp³-hybridized carbons (Fsp3) is 0.455. The summed E-state index contributed by atoms with van der Waals surface area (Å²) in [6.07, 6.45) is 3.70. The minimum Gasteiger partial charge on any atom is -0.398 e. The zero-order valence-electron chi connectivity index (χ0n) is 8.41. The van der Waals surface area contributed by atoms with Crippen LogP contribution in [0.15, 0.2) is 27.6 Å². The molecular formula is C11H14BrNOS. The minimum atomic E-state index is -0.930.